The van der Waals surface area contributed by atoms with E-state index in [1.807, 2.05) is 0 Å². The molecule has 3 aromatic rings. The molecule has 3 rings (SSSR count). The van der Waals surface area contributed by atoms with E-state index in [9.17, 15) is 8.78 Å². The van der Waals surface area contributed by atoms with Gasteiger partial charge in [0.05, 0.1) is 11.4 Å². The standard InChI is InChI=1S/C12H8F2N4O/c13-6-2-1-3-7(14)10(6)16-9-5-4-8(15)11-12(9)18-19-17-11/h1-5,16H,15H2. The van der Waals surface area contributed by atoms with Crippen molar-refractivity contribution in [2.75, 3.05) is 11.1 Å². The molecule has 7 heteroatoms. The lowest BCUT2D eigenvalue weighted by Crippen LogP contribution is -1.99. The van der Waals surface area contributed by atoms with Crippen LogP contribution in [-0.4, -0.2) is 10.3 Å². The van der Waals surface area contributed by atoms with Gasteiger partial charge in [0.15, 0.2) is 11.0 Å². The van der Waals surface area contributed by atoms with Crippen LogP contribution in [0, 0.1) is 11.6 Å². The maximum absolute atomic E-state index is 13.6. The maximum atomic E-state index is 13.6. The van der Waals surface area contributed by atoms with Crippen molar-refractivity contribution in [2.24, 2.45) is 0 Å². The van der Waals surface area contributed by atoms with Gasteiger partial charge in [0.2, 0.25) is 0 Å². The molecule has 0 aliphatic heterocycles. The summed E-state index contributed by atoms with van der Waals surface area (Å²) in [6.45, 7) is 0. The van der Waals surface area contributed by atoms with Crippen LogP contribution < -0.4 is 11.1 Å². The number of halogens is 2. The summed E-state index contributed by atoms with van der Waals surface area (Å²) in [5, 5.41) is 9.92. The van der Waals surface area contributed by atoms with E-state index in [2.05, 4.69) is 20.3 Å². The minimum absolute atomic E-state index is 0.267. The summed E-state index contributed by atoms with van der Waals surface area (Å²) >= 11 is 0. The number of benzene rings is 2. The lowest BCUT2D eigenvalue weighted by molar-refractivity contribution is 0.316. The van der Waals surface area contributed by atoms with Crippen molar-refractivity contribution in [3.8, 4) is 0 Å². The fourth-order valence-corrected chi connectivity index (χ4v) is 1.74. The summed E-state index contributed by atoms with van der Waals surface area (Å²) in [6, 6.07) is 6.69. The smallest absolute Gasteiger partial charge is 0.160 e. The topological polar surface area (TPSA) is 77.0 Å². The molecule has 0 radical (unpaired) electrons. The zero-order valence-electron chi connectivity index (χ0n) is 9.52. The fourth-order valence-electron chi connectivity index (χ4n) is 1.74. The number of nitrogen functional groups attached to an aromatic ring is 1. The number of rotatable bonds is 2. The van der Waals surface area contributed by atoms with Crippen LogP contribution in [0.1, 0.15) is 0 Å². The van der Waals surface area contributed by atoms with Gasteiger partial charge in [-0.05, 0) is 34.6 Å². The van der Waals surface area contributed by atoms with E-state index in [-0.39, 0.29) is 5.69 Å². The molecule has 5 nitrogen and oxygen atoms in total. The van der Waals surface area contributed by atoms with Gasteiger partial charge in [0, 0.05) is 0 Å². The lowest BCUT2D eigenvalue weighted by atomic mass is 10.2. The zero-order valence-corrected chi connectivity index (χ0v) is 9.52. The lowest BCUT2D eigenvalue weighted by Gasteiger charge is -2.08. The number of para-hydroxylation sites is 1. The number of fused-ring (bicyclic) bond motifs is 1. The molecule has 1 aromatic heterocycles. The van der Waals surface area contributed by atoms with Crippen LogP contribution in [0.4, 0.5) is 25.8 Å². The first-order chi connectivity index (χ1) is 9.16. The average Bonchev–Trinajstić information content (AvgIpc) is 2.87. The minimum atomic E-state index is -0.707. The van der Waals surface area contributed by atoms with Crippen molar-refractivity contribution in [1.29, 1.82) is 0 Å². The Morgan fingerprint density at radius 3 is 2.42 bits per heavy atom. The molecule has 2 aromatic carbocycles. The fraction of sp³-hybridized carbons (Fsp3) is 0. The van der Waals surface area contributed by atoms with Crippen molar-refractivity contribution >= 4 is 28.1 Å². The highest BCUT2D eigenvalue weighted by molar-refractivity contribution is 5.96. The Labute approximate surface area is 106 Å². The van der Waals surface area contributed by atoms with Gasteiger partial charge in [-0.15, -0.1) is 0 Å². The molecular weight excluding hydrogens is 254 g/mol. The van der Waals surface area contributed by atoms with Crippen LogP contribution >= 0.6 is 0 Å². The number of nitrogens with two attached hydrogens (primary N) is 1. The molecule has 0 atom stereocenters. The van der Waals surface area contributed by atoms with E-state index in [0.29, 0.717) is 22.4 Å². The molecule has 0 aliphatic carbocycles. The third kappa shape index (κ3) is 1.85. The normalized spacial score (nSPS) is 10.8. The van der Waals surface area contributed by atoms with Crippen LogP contribution in [0.25, 0.3) is 11.0 Å². The number of aromatic nitrogens is 2. The van der Waals surface area contributed by atoms with Crippen LogP contribution in [0.3, 0.4) is 0 Å². The summed E-state index contributed by atoms with van der Waals surface area (Å²) < 4.78 is 31.7. The minimum Gasteiger partial charge on any atom is -0.397 e. The molecule has 0 aliphatic rings. The Hall–Kier alpha value is -2.70. The van der Waals surface area contributed by atoms with E-state index >= 15 is 0 Å². The molecule has 0 saturated heterocycles. The van der Waals surface area contributed by atoms with E-state index in [1.165, 1.54) is 6.07 Å². The maximum Gasteiger partial charge on any atom is 0.160 e. The van der Waals surface area contributed by atoms with E-state index in [0.717, 1.165) is 12.1 Å². The van der Waals surface area contributed by atoms with Crippen LogP contribution in [-0.2, 0) is 0 Å². The summed E-state index contributed by atoms with van der Waals surface area (Å²) in [5.41, 5.74) is 6.79. The summed E-state index contributed by atoms with van der Waals surface area (Å²) in [7, 11) is 0. The second-order valence-corrected chi connectivity index (χ2v) is 3.89. The van der Waals surface area contributed by atoms with Gasteiger partial charge in [0.25, 0.3) is 0 Å². The molecule has 0 amide bonds. The number of nitrogens with zero attached hydrogens (tertiary/aromatic N) is 2. The Kier molecular flexibility index (Phi) is 2.52. The molecule has 3 N–H and O–H groups in total. The Morgan fingerprint density at radius 1 is 1.00 bits per heavy atom. The van der Waals surface area contributed by atoms with Crippen LogP contribution in [0.2, 0.25) is 0 Å². The first-order valence-electron chi connectivity index (χ1n) is 5.38. The zero-order chi connectivity index (χ0) is 13.4. The van der Waals surface area contributed by atoms with Gasteiger partial charge in [-0.3, -0.25) is 0 Å². The van der Waals surface area contributed by atoms with Crippen molar-refractivity contribution in [3.63, 3.8) is 0 Å². The molecule has 0 fully saturated rings. The molecule has 19 heavy (non-hydrogen) atoms. The summed E-state index contributed by atoms with van der Waals surface area (Å²) in [6.07, 6.45) is 0. The van der Waals surface area contributed by atoms with Gasteiger partial charge in [-0.2, -0.15) is 0 Å². The van der Waals surface area contributed by atoms with Gasteiger partial charge < -0.3 is 11.1 Å². The second kappa shape index (κ2) is 4.20. The molecule has 0 unspecified atom stereocenters. The van der Waals surface area contributed by atoms with Crippen molar-refractivity contribution < 1.29 is 13.4 Å². The highest BCUT2D eigenvalue weighted by Gasteiger charge is 2.14. The number of hydrogen-bond acceptors (Lipinski definition) is 5. The molecule has 96 valence electrons. The number of anilines is 3. The third-order valence-corrected chi connectivity index (χ3v) is 2.67. The highest BCUT2D eigenvalue weighted by Crippen LogP contribution is 2.29. The monoisotopic (exact) mass is 262 g/mol. The highest BCUT2D eigenvalue weighted by atomic mass is 19.1. The largest absolute Gasteiger partial charge is 0.397 e. The van der Waals surface area contributed by atoms with E-state index < -0.39 is 11.6 Å². The van der Waals surface area contributed by atoms with Crippen molar-refractivity contribution in [1.82, 2.24) is 10.3 Å². The van der Waals surface area contributed by atoms with Gasteiger partial charge in [-0.25, -0.2) is 13.4 Å². The SMILES string of the molecule is Nc1ccc(Nc2c(F)cccc2F)c2nonc12. The third-order valence-electron chi connectivity index (χ3n) is 2.67. The van der Waals surface area contributed by atoms with Gasteiger partial charge in [-0.1, -0.05) is 6.07 Å². The summed E-state index contributed by atoms with van der Waals surface area (Å²) in [4.78, 5) is 0. The number of nitrogens with one attached hydrogen (secondary N) is 1. The van der Waals surface area contributed by atoms with Crippen molar-refractivity contribution in [2.45, 2.75) is 0 Å². The Bertz CT molecular complexity index is 736. The quantitative estimate of drug-likeness (QED) is 0.694. The van der Waals surface area contributed by atoms with Gasteiger partial charge in [0.1, 0.15) is 17.3 Å². The van der Waals surface area contributed by atoms with Gasteiger partial charge >= 0.3 is 0 Å². The predicted molar refractivity (Wildman–Crippen MR) is 65.9 cm³/mol. The predicted octanol–water partition coefficient (Wildman–Crippen LogP) is 2.83. The van der Waals surface area contributed by atoms with Crippen molar-refractivity contribution in [3.05, 3.63) is 42.0 Å². The molecule has 1 heterocycles. The average molecular weight is 262 g/mol. The Morgan fingerprint density at radius 2 is 1.68 bits per heavy atom. The van der Waals surface area contributed by atoms with E-state index in [4.69, 9.17) is 5.73 Å². The second-order valence-electron chi connectivity index (χ2n) is 3.89. The van der Waals surface area contributed by atoms with E-state index in [1.54, 1.807) is 12.1 Å². The molecule has 0 saturated carbocycles. The Balaban J connectivity index is 2.11. The molecule has 0 bridgehead atoms. The van der Waals surface area contributed by atoms with Crippen LogP contribution in [0.5, 0.6) is 0 Å². The van der Waals surface area contributed by atoms with Crippen LogP contribution in [0.15, 0.2) is 35.0 Å². The first-order valence-corrected chi connectivity index (χ1v) is 5.38. The summed E-state index contributed by atoms with van der Waals surface area (Å²) in [5.74, 6) is -1.41. The first kappa shape index (κ1) is 11.4. The number of hydrogen-bond donors (Lipinski definition) is 2. The molecular formula is C12H8F2N4O. The molecule has 0 spiro atoms.